The molecular formula is C22H12O17S. The van der Waals surface area contributed by atoms with Crippen molar-refractivity contribution in [2.24, 2.45) is 0 Å². The van der Waals surface area contributed by atoms with Crippen LogP contribution in [0.15, 0.2) is 29.2 Å². The molecule has 0 aliphatic rings. The second kappa shape index (κ2) is 11.7. The highest BCUT2D eigenvalue weighted by atomic mass is 32.2. The van der Waals surface area contributed by atoms with Gasteiger partial charge in [0.05, 0.1) is 38.9 Å². The Morgan fingerprint density at radius 3 is 1.27 bits per heavy atom. The molecule has 0 radical (unpaired) electrons. The fourth-order valence-electron chi connectivity index (χ4n) is 3.29. The van der Waals surface area contributed by atoms with E-state index >= 15 is 0 Å². The third-order valence-corrected chi connectivity index (χ3v) is 6.01. The Bertz CT molecular complexity index is 1480. The molecule has 2 aromatic carbocycles. The average molecular weight is 580 g/mol. The molecule has 0 fully saturated rings. The highest BCUT2D eigenvalue weighted by Crippen LogP contribution is 2.32. The van der Waals surface area contributed by atoms with Crippen molar-refractivity contribution in [3.8, 4) is 0 Å². The molecule has 2 aromatic rings. The number of thioether (sulfide) groups is 1. The van der Waals surface area contributed by atoms with E-state index in [1.807, 2.05) is 0 Å². The Labute approximate surface area is 222 Å². The number of rotatable bonds is 11. The second-order valence-electron chi connectivity index (χ2n) is 7.12. The van der Waals surface area contributed by atoms with Crippen LogP contribution in [-0.2, 0) is 14.3 Å². The van der Waals surface area contributed by atoms with Crippen molar-refractivity contribution in [2.75, 3.05) is 0 Å². The van der Waals surface area contributed by atoms with E-state index in [-0.39, 0.29) is 16.7 Å². The molecule has 18 heteroatoms. The Morgan fingerprint density at radius 1 is 0.550 bits per heavy atom. The summed E-state index contributed by atoms with van der Waals surface area (Å²) in [5.41, 5.74) is -11.7. The zero-order valence-electron chi connectivity index (χ0n) is 19.0. The molecule has 1 atom stereocenters. The third-order valence-electron chi connectivity index (χ3n) is 4.77. The lowest BCUT2D eigenvalue weighted by Gasteiger charge is -2.18. The fraction of sp³-hybridized carbons (Fsp3) is 0.0455. The van der Waals surface area contributed by atoms with Crippen LogP contribution in [0.1, 0.15) is 72.5 Å². The van der Waals surface area contributed by atoms with Crippen LogP contribution in [0.5, 0.6) is 0 Å². The summed E-state index contributed by atoms with van der Waals surface area (Å²) in [6.07, 6.45) is 0. The Morgan fingerprint density at radius 2 is 0.925 bits per heavy atom. The lowest BCUT2D eigenvalue weighted by molar-refractivity contribution is -0.146. The summed E-state index contributed by atoms with van der Waals surface area (Å²) in [4.78, 5) is 107. The van der Waals surface area contributed by atoms with Crippen molar-refractivity contribution in [1.29, 1.82) is 0 Å². The summed E-state index contributed by atoms with van der Waals surface area (Å²) in [6.45, 7) is 0. The van der Waals surface area contributed by atoms with Crippen LogP contribution in [0.3, 0.4) is 0 Å². The first-order chi connectivity index (χ1) is 18.5. The molecule has 0 spiro atoms. The van der Waals surface area contributed by atoms with E-state index in [0.29, 0.717) is 0 Å². The molecule has 0 amide bonds. The summed E-state index contributed by atoms with van der Waals surface area (Å²) in [5.74, 6) is -20.2. The zero-order chi connectivity index (χ0) is 30.6. The van der Waals surface area contributed by atoms with Gasteiger partial charge in [-0.25, -0.2) is 38.4 Å². The number of hydrogen-bond acceptors (Lipinski definition) is 11. The van der Waals surface area contributed by atoms with Crippen molar-refractivity contribution >= 4 is 65.5 Å². The third kappa shape index (κ3) is 5.86. The molecule has 0 heterocycles. The largest absolute Gasteiger partial charge is 0.480 e. The molecule has 17 nitrogen and oxygen atoms in total. The Hall–Kier alpha value is -5.78. The molecule has 2 rings (SSSR count). The molecule has 0 bridgehead atoms. The van der Waals surface area contributed by atoms with E-state index in [4.69, 9.17) is 0 Å². The van der Waals surface area contributed by atoms with Gasteiger partial charge in [0.2, 0.25) is 5.25 Å². The minimum Gasteiger partial charge on any atom is -0.480 e. The lowest BCUT2D eigenvalue weighted by atomic mass is 9.86. The highest BCUT2D eigenvalue weighted by Gasteiger charge is 2.42. The number of aromatic carboxylic acids is 6. The number of carboxylic acid groups (broad SMARTS) is 7. The van der Waals surface area contributed by atoms with Gasteiger partial charge < -0.3 is 40.5 Å². The quantitative estimate of drug-likeness (QED) is 0.110. The Kier molecular flexibility index (Phi) is 8.93. The first kappa shape index (κ1) is 30.4. The number of esters is 2. The van der Waals surface area contributed by atoms with Crippen molar-refractivity contribution < 1.29 is 83.6 Å². The van der Waals surface area contributed by atoms with Gasteiger partial charge in [0.15, 0.2) is 0 Å². The summed E-state index contributed by atoms with van der Waals surface area (Å²) >= 11 is 0.0348. The van der Waals surface area contributed by atoms with E-state index in [2.05, 4.69) is 4.74 Å². The molecule has 7 N–H and O–H groups in total. The molecule has 0 aliphatic carbocycles. The van der Waals surface area contributed by atoms with Crippen molar-refractivity contribution in [2.45, 2.75) is 10.1 Å². The second-order valence-corrected chi connectivity index (χ2v) is 8.27. The zero-order valence-corrected chi connectivity index (χ0v) is 19.8. The Balaban J connectivity index is 2.81. The monoisotopic (exact) mass is 580 g/mol. The molecule has 0 saturated heterocycles. The highest BCUT2D eigenvalue weighted by molar-refractivity contribution is 8.01. The molecule has 40 heavy (non-hydrogen) atoms. The van der Waals surface area contributed by atoms with E-state index in [9.17, 15) is 78.9 Å². The van der Waals surface area contributed by atoms with Gasteiger partial charge in [0.1, 0.15) is 0 Å². The molecule has 0 aromatic heterocycles. The predicted octanol–water partition coefficient (Wildman–Crippen LogP) is 0.805. The van der Waals surface area contributed by atoms with Gasteiger partial charge in [0.25, 0.3) is 0 Å². The van der Waals surface area contributed by atoms with E-state index in [0.717, 1.165) is 12.1 Å². The number of carbonyl (C=O) groups is 9. The molecule has 0 saturated carbocycles. The first-order valence-corrected chi connectivity index (χ1v) is 10.8. The van der Waals surface area contributed by atoms with Gasteiger partial charge in [-0.15, -0.1) is 0 Å². The number of benzene rings is 2. The van der Waals surface area contributed by atoms with Crippen molar-refractivity contribution in [3.63, 3.8) is 0 Å². The van der Waals surface area contributed by atoms with Crippen LogP contribution in [0.2, 0.25) is 0 Å². The van der Waals surface area contributed by atoms with E-state index < -0.39 is 97.9 Å². The summed E-state index contributed by atoms with van der Waals surface area (Å²) in [6, 6.07) is 4.62. The maximum Gasteiger partial charge on any atom is 0.347 e. The van der Waals surface area contributed by atoms with E-state index in [1.54, 1.807) is 0 Å². The number of carboxylic acids is 7. The fourth-order valence-corrected chi connectivity index (χ4v) is 4.23. The molecule has 0 aliphatic heterocycles. The first-order valence-electron chi connectivity index (χ1n) is 9.91. The predicted molar refractivity (Wildman–Crippen MR) is 122 cm³/mol. The van der Waals surface area contributed by atoms with Crippen LogP contribution in [-0.4, -0.2) is 94.7 Å². The van der Waals surface area contributed by atoms with Crippen molar-refractivity contribution in [1.82, 2.24) is 0 Å². The summed E-state index contributed by atoms with van der Waals surface area (Å²) < 4.78 is 4.30. The van der Waals surface area contributed by atoms with Gasteiger partial charge in [0, 0.05) is 4.90 Å². The number of aliphatic carboxylic acids is 1. The molecule has 1 unspecified atom stereocenters. The minimum atomic E-state index is -2.46. The molecular weight excluding hydrogens is 568 g/mol. The van der Waals surface area contributed by atoms with Crippen LogP contribution < -0.4 is 0 Å². The summed E-state index contributed by atoms with van der Waals surface area (Å²) in [5, 5.41) is 63.6. The molecule has 208 valence electrons. The lowest BCUT2D eigenvalue weighted by Crippen LogP contribution is -2.33. The van der Waals surface area contributed by atoms with Gasteiger partial charge in [-0.2, -0.15) is 0 Å². The smallest absolute Gasteiger partial charge is 0.347 e. The maximum absolute atomic E-state index is 12.9. The van der Waals surface area contributed by atoms with Gasteiger partial charge >= 0.3 is 53.7 Å². The van der Waals surface area contributed by atoms with Crippen LogP contribution in [0.25, 0.3) is 0 Å². The maximum atomic E-state index is 12.9. The van der Waals surface area contributed by atoms with E-state index in [1.165, 1.54) is 12.1 Å². The SMILES string of the molecule is O=C(O)c1ccccc1SC(C(=O)O)C(=O)OC(=O)c1c(C(=O)O)c(C(=O)O)c(C(=O)O)c(C(=O)O)c1C(=O)O. The average Bonchev–Trinajstić information content (AvgIpc) is 2.84. The van der Waals surface area contributed by atoms with Gasteiger partial charge in [-0.3, -0.25) is 4.79 Å². The normalized spacial score (nSPS) is 11.1. The number of ether oxygens (including phenoxy) is 1. The van der Waals surface area contributed by atoms with Crippen LogP contribution in [0.4, 0.5) is 0 Å². The van der Waals surface area contributed by atoms with Gasteiger partial charge in [-0.05, 0) is 12.1 Å². The summed E-state index contributed by atoms with van der Waals surface area (Å²) in [7, 11) is 0. The van der Waals surface area contributed by atoms with Crippen LogP contribution in [0, 0.1) is 0 Å². The minimum absolute atomic E-state index is 0.0348. The van der Waals surface area contributed by atoms with Gasteiger partial charge in [-0.1, -0.05) is 23.9 Å². The standard InChI is InChI=1S/C22H12O17S/c23-14(24)5-3-1-2-4-6(5)40-13(20(35)36)22(38)39-21(37)12-10(18(31)32)8(16(27)28)7(15(25)26)9(17(29)30)11(12)19(33)34/h1-4,13H,(H,23,24)(H,25,26)(H,27,28)(H,29,30)(H,31,32)(H,33,34)(H,35,36). The number of carbonyl (C=O) groups excluding carboxylic acids is 2. The number of hydrogen-bond donors (Lipinski definition) is 7. The topological polar surface area (TPSA) is 304 Å². The van der Waals surface area contributed by atoms with Crippen molar-refractivity contribution in [3.05, 3.63) is 63.2 Å². The van der Waals surface area contributed by atoms with Crippen LogP contribution >= 0.6 is 11.8 Å².